The fraction of sp³-hybridized carbons (Fsp3) is 0.800. The molecule has 2 fully saturated rings. The Balaban J connectivity index is 1.27. The molecule has 2 heteroatoms. The van der Waals surface area contributed by atoms with Crippen LogP contribution in [0.5, 0.6) is 0 Å². The Bertz CT molecular complexity index is 331. The third kappa shape index (κ3) is 8.14. The van der Waals surface area contributed by atoms with E-state index in [0.29, 0.717) is 18.3 Å². The van der Waals surface area contributed by atoms with Crippen LogP contribution >= 0.6 is 0 Å². The SMILES string of the molecule is CC1OC1CC/C=C/CCCCC/C=C/CCCC1CCO1. The molecule has 126 valence electrons. The Morgan fingerprint density at radius 3 is 1.95 bits per heavy atom. The van der Waals surface area contributed by atoms with Crippen molar-refractivity contribution in [1.82, 2.24) is 0 Å². The fourth-order valence-electron chi connectivity index (χ4n) is 2.94. The summed E-state index contributed by atoms with van der Waals surface area (Å²) in [4.78, 5) is 0. The van der Waals surface area contributed by atoms with Crippen LogP contribution in [-0.4, -0.2) is 24.9 Å². The Hall–Kier alpha value is -0.600. The first-order valence-corrected chi connectivity index (χ1v) is 9.43. The maximum absolute atomic E-state index is 5.42. The Kier molecular flexibility index (Phi) is 8.89. The lowest BCUT2D eigenvalue weighted by atomic mass is 10.1. The number of hydrogen-bond acceptors (Lipinski definition) is 2. The molecule has 0 N–H and O–H groups in total. The number of unbranched alkanes of at least 4 members (excludes halogenated alkanes) is 5. The van der Waals surface area contributed by atoms with E-state index in [2.05, 4.69) is 31.2 Å². The van der Waals surface area contributed by atoms with Crippen LogP contribution < -0.4 is 0 Å². The fourth-order valence-corrected chi connectivity index (χ4v) is 2.94. The Labute approximate surface area is 137 Å². The molecule has 2 heterocycles. The van der Waals surface area contributed by atoms with Gasteiger partial charge in [-0.2, -0.15) is 0 Å². The van der Waals surface area contributed by atoms with Crippen molar-refractivity contribution in [2.45, 2.75) is 95.9 Å². The van der Waals surface area contributed by atoms with Gasteiger partial charge in [0.25, 0.3) is 0 Å². The lowest BCUT2D eigenvalue weighted by Gasteiger charge is -2.25. The second-order valence-electron chi connectivity index (χ2n) is 6.75. The largest absolute Gasteiger partial charge is 0.378 e. The van der Waals surface area contributed by atoms with E-state index in [1.165, 1.54) is 70.6 Å². The van der Waals surface area contributed by atoms with E-state index in [-0.39, 0.29) is 0 Å². The first-order chi connectivity index (χ1) is 10.9. The van der Waals surface area contributed by atoms with Crippen molar-refractivity contribution in [2.75, 3.05) is 6.61 Å². The molecule has 0 aromatic carbocycles. The van der Waals surface area contributed by atoms with Crippen molar-refractivity contribution in [3.63, 3.8) is 0 Å². The van der Waals surface area contributed by atoms with Crippen molar-refractivity contribution >= 4 is 0 Å². The molecule has 3 atom stereocenters. The minimum atomic E-state index is 0.521. The number of allylic oxidation sites excluding steroid dienone is 4. The minimum absolute atomic E-state index is 0.521. The van der Waals surface area contributed by atoms with Gasteiger partial charge >= 0.3 is 0 Å². The van der Waals surface area contributed by atoms with Gasteiger partial charge in [-0.05, 0) is 71.1 Å². The molecule has 2 aliphatic rings. The Morgan fingerprint density at radius 2 is 1.41 bits per heavy atom. The molecule has 2 rings (SSSR count). The van der Waals surface area contributed by atoms with Crippen molar-refractivity contribution in [2.24, 2.45) is 0 Å². The molecule has 2 saturated heterocycles. The summed E-state index contributed by atoms with van der Waals surface area (Å²) in [5.41, 5.74) is 0. The molecule has 2 nitrogen and oxygen atoms in total. The van der Waals surface area contributed by atoms with Crippen molar-refractivity contribution < 1.29 is 9.47 Å². The third-order valence-corrected chi connectivity index (χ3v) is 4.72. The highest BCUT2D eigenvalue weighted by Gasteiger charge is 2.32. The quantitative estimate of drug-likeness (QED) is 0.252. The highest BCUT2D eigenvalue weighted by atomic mass is 16.6. The molecule has 0 aromatic heterocycles. The van der Waals surface area contributed by atoms with Gasteiger partial charge in [0.1, 0.15) is 0 Å². The van der Waals surface area contributed by atoms with Gasteiger partial charge in [0.15, 0.2) is 0 Å². The van der Waals surface area contributed by atoms with Crippen molar-refractivity contribution in [3.8, 4) is 0 Å². The highest BCUT2D eigenvalue weighted by molar-refractivity contribution is 4.87. The summed E-state index contributed by atoms with van der Waals surface area (Å²) in [5, 5.41) is 0. The highest BCUT2D eigenvalue weighted by Crippen LogP contribution is 2.25. The minimum Gasteiger partial charge on any atom is -0.378 e. The van der Waals surface area contributed by atoms with E-state index in [0.717, 1.165) is 6.61 Å². The summed E-state index contributed by atoms with van der Waals surface area (Å²) in [6.45, 7) is 3.15. The molecule has 22 heavy (non-hydrogen) atoms. The molecular formula is C20H34O2. The topological polar surface area (TPSA) is 21.8 Å². The molecule has 3 unspecified atom stereocenters. The van der Waals surface area contributed by atoms with Gasteiger partial charge in [0.05, 0.1) is 18.3 Å². The smallest absolute Gasteiger partial charge is 0.0842 e. The number of hydrogen-bond donors (Lipinski definition) is 0. The second-order valence-corrected chi connectivity index (χ2v) is 6.75. The van der Waals surface area contributed by atoms with Gasteiger partial charge in [-0.3, -0.25) is 0 Å². The van der Waals surface area contributed by atoms with Gasteiger partial charge in [0, 0.05) is 6.61 Å². The first-order valence-electron chi connectivity index (χ1n) is 9.43. The van der Waals surface area contributed by atoms with E-state index in [1.807, 2.05) is 0 Å². The molecule has 0 bridgehead atoms. The zero-order chi connectivity index (χ0) is 15.5. The van der Waals surface area contributed by atoms with E-state index in [9.17, 15) is 0 Å². The second kappa shape index (κ2) is 11.0. The Morgan fingerprint density at radius 1 is 0.818 bits per heavy atom. The monoisotopic (exact) mass is 306 g/mol. The maximum Gasteiger partial charge on any atom is 0.0842 e. The average Bonchev–Trinajstić information content (AvgIpc) is 3.17. The van der Waals surface area contributed by atoms with E-state index in [4.69, 9.17) is 9.47 Å². The first kappa shape index (κ1) is 17.7. The molecule has 0 amide bonds. The van der Waals surface area contributed by atoms with Crippen LogP contribution in [0.15, 0.2) is 24.3 Å². The van der Waals surface area contributed by atoms with Gasteiger partial charge < -0.3 is 9.47 Å². The summed E-state index contributed by atoms with van der Waals surface area (Å²) < 4.78 is 10.8. The lowest BCUT2D eigenvalue weighted by molar-refractivity contribution is -0.0551. The van der Waals surface area contributed by atoms with E-state index >= 15 is 0 Å². The summed E-state index contributed by atoms with van der Waals surface area (Å²) in [6.07, 6.45) is 25.0. The summed E-state index contributed by atoms with van der Waals surface area (Å²) in [5.74, 6) is 0. The van der Waals surface area contributed by atoms with E-state index < -0.39 is 0 Å². The number of ether oxygens (including phenoxy) is 2. The average molecular weight is 306 g/mol. The van der Waals surface area contributed by atoms with Crippen molar-refractivity contribution in [1.29, 1.82) is 0 Å². The number of rotatable bonds is 13. The van der Waals surface area contributed by atoms with Crippen LogP contribution in [0.1, 0.15) is 77.6 Å². The van der Waals surface area contributed by atoms with Gasteiger partial charge in [-0.1, -0.05) is 30.7 Å². The van der Waals surface area contributed by atoms with Gasteiger partial charge in [-0.15, -0.1) is 0 Å². The summed E-state index contributed by atoms with van der Waals surface area (Å²) in [7, 11) is 0. The van der Waals surface area contributed by atoms with E-state index in [1.54, 1.807) is 0 Å². The predicted molar refractivity (Wildman–Crippen MR) is 93.1 cm³/mol. The van der Waals surface area contributed by atoms with Gasteiger partial charge in [-0.25, -0.2) is 0 Å². The molecule has 0 aliphatic carbocycles. The summed E-state index contributed by atoms with van der Waals surface area (Å²) >= 11 is 0. The standard InChI is InChI=1S/C20H34O2/c1-18-20(22-18)15-13-11-9-7-5-3-2-4-6-8-10-12-14-19-16-17-21-19/h6,8-9,11,18-20H,2-5,7,10,12-17H2,1H3/b8-6+,11-9+. The van der Waals surface area contributed by atoms with Crippen LogP contribution in [-0.2, 0) is 9.47 Å². The molecular weight excluding hydrogens is 272 g/mol. The van der Waals surface area contributed by atoms with Crippen LogP contribution in [0.2, 0.25) is 0 Å². The summed E-state index contributed by atoms with van der Waals surface area (Å²) in [6, 6.07) is 0. The van der Waals surface area contributed by atoms with Crippen LogP contribution in [0.25, 0.3) is 0 Å². The lowest BCUT2D eigenvalue weighted by Crippen LogP contribution is -2.26. The molecule has 0 radical (unpaired) electrons. The molecule has 0 spiro atoms. The van der Waals surface area contributed by atoms with Crippen LogP contribution in [0.4, 0.5) is 0 Å². The van der Waals surface area contributed by atoms with Gasteiger partial charge in [0.2, 0.25) is 0 Å². The zero-order valence-electron chi connectivity index (χ0n) is 14.3. The van der Waals surface area contributed by atoms with Crippen molar-refractivity contribution in [3.05, 3.63) is 24.3 Å². The predicted octanol–water partition coefficient (Wildman–Crippen LogP) is 5.58. The normalized spacial score (nSPS) is 27.6. The van der Waals surface area contributed by atoms with Crippen LogP contribution in [0, 0.1) is 0 Å². The number of epoxide rings is 1. The zero-order valence-corrected chi connectivity index (χ0v) is 14.3. The molecule has 0 saturated carbocycles. The molecule has 0 aromatic rings. The maximum atomic E-state index is 5.42. The molecule has 2 aliphatic heterocycles. The third-order valence-electron chi connectivity index (χ3n) is 4.72. The van der Waals surface area contributed by atoms with Crippen LogP contribution in [0.3, 0.4) is 0 Å².